The second kappa shape index (κ2) is 13.8. The minimum absolute atomic E-state index is 0. The fourth-order valence-electron chi connectivity index (χ4n) is 1.96. The lowest BCUT2D eigenvalue weighted by Gasteiger charge is -2.24. The van der Waals surface area contributed by atoms with Crippen molar-refractivity contribution in [3.8, 4) is 0 Å². The second-order valence-electron chi connectivity index (χ2n) is 4.65. The minimum Gasteiger partial charge on any atom is -0.306 e. The van der Waals surface area contributed by atoms with Crippen LogP contribution in [0.4, 0.5) is 0 Å². The Morgan fingerprint density at radius 2 is 1.50 bits per heavy atom. The predicted molar refractivity (Wildman–Crippen MR) is 81.1 cm³/mol. The summed E-state index contributed by atoms with van der Waals surface area (Å²) in [5, 5.41) is 0. The predicted octanol–water partition coefficient (Wildman–Crippen LogP) is 4.87. The Morgan fingerprint density at radius 1 is 0.938 bits per heavy atom. The van der Waals surface area contributed by atoms with Crippen molar-refractivity contribution < 1.29 is 0 Å². The molecule has 0 bridgehead atoms. The third-order valence-electron chi connectivity index (χ3n) is 3.04. The Morgan fingerprint density at radius 3 is 2.00 bits per heavy atom. The van der Waals surface area contributed by atoms with E-state index in [4.69, 9.17) is 11.6 Å². The van der Waals surface area contributed by atoms with Gasteiger partial charge in [0.2, 0.25) is 0 Å². The van der Waals surface area contributed by atoms with E-state index in [1.54, 1.807) is 0 Å². The molecule has 16 heavy (non-hydrogen) atoms. The van der Waals surface area contributed by atoms with Gasteiger partial charge in [-0.1, -0.05) is 39.0 Å². The van der Waals surface area contributed by atoms with Gasteiger partial charge in [-0.15, -0.1) is 28.6 Å². The second-order valence-corrected chi connectivity index (χ2v) is 5.03. The van der Waals surface area contributed by atoms with E-state index >= 15 is 0 Å². The largest absolute Gasteiger partial charge is 0.306 e. The van der Waals surface area contributed by atoms with Crippen molar-refractivity contribution in [1.29, 1.82) is 0 Å². The summed E-state index contributed by atoms with van der Waals surface area (Å²) in [4.78, 5) is 2.35. The van der Waals surface area contributed by atoms with E-state index in [-0.39, 0.29) is 17.0 Å². The highest BCUT2D eigenvalue weighted by Crippen LogP contribution is 2.14. The maximum atomic E-state index is 5.73. The van der Waals surface area contributed by atoms with Crippen molar-refractivity contribution in [2.24, 2.45) is 0 Å². The van der Waals surface area contributed by atoms with Crippen molar-refractivity contribution in [3.05, 3.63) is 0 Å². The molecule has 100 valence electrons. The molecule has 0 aliphatic carbocycles. The highest BCUT2D eigenvalue weighted by Gasteiger charge is 2.09. The van der Waals surface area contributed by atoms with Gasteiger partial charge in [0.05, 0.1) is 0 Å². The van der Waals surface area contributed by atoms with Crippen LogP contribution in [0.3, 0.4) is 0 Å². The van der Waals surface area contributed by atoms with Crippen LogP contribution in [0.25, 0.3) is 0 Å². The molecular weight excluding hydrogens is 286 g/mol. The van der Waals surface area contributed by atoms with Crippen LogP contribution in [0.2, 0.25) is 0 Å². The number of halogens is 2. The van der Waals surface area contributed by atoms with Crippen molar-refractivity contribution in [2.45, 2.75) is 64.3 Å². The first kappa shape index (κ1) is 19.1. The smallest absolute Gasteiger partial charge is 0.0224 e. The van der Waals surface area contributed by atoms with Crippen LogP contribution in [0.1, 0.15) is 58.3 Å². The van der Waals surface area contributed by atoms with Crippen LogP contribution < -0.4 is 0 Å². The minimum atomic E-state index is 0. The van der Waals surface area contributed by atoms with E-state index in [9.17, 15) is 0 Å². The monoisotopic (exact) mass is 313 g/mol. The highest BCUT2D eigenvalue weighted by atomic mass is 79.9. The molecule has 0 saturated heterocycles. The molecule has 0 aromatic rings. The van der Waals surface area contributed by atoms with Crippen LogP contribution >= 0.6 is 28.6 Å². The molecule has 3 heteroatoms. The third-order valence-corrected chi connectivity index (χ3v) is 3.31. The molecular formula is C13H29BrClN. The Labute approximate surface area is 118 Å². The number of alkyl halides is 1. The lowest BCUT2D eigenvalue weighted by atomic mass is 10.0. The van der Waals surface area contributed by atoms with Gasteiger partial charge in [-0.25, -0.2) is 0 Å². The average Bonchev–Trinajstić information content (AvgIpc) is 2.21. The Hall–Kier alpha value is 0.730. The molecule has 0 N–H and O–H groups in total. The van der Waals surface area contributed by atoms with Crippen molar-refractivity contribution in [2.75, 3.05) is 20.0 Å². The summed E-state index contributed by atoms with van der Waals surface area (Å²) in [6.45, 7) is 2.27. The zero-order valence-corrected chi connectivity index (χ0v) is 13.6. The quantitative estimate of drug-likeness (QED) is 0.410. The van der Waals surface area contributed by atoms with Gasteiger partial charge in [-0.3, -0.25) is 0 Å². The van der Waals surface area contributed by atoms with Crippen molar-refractivity contribution >= 4 is 28.6 Å². The number of rotatable bonds is 10. The summed E-state index contributed by atoms with van der Waals surface area (Å²) in [7, 11) is 4.37. The summed E-state index contributed by atoms with van der Waals surface area (Å²) in [6.07, 6.45) is 10.7. The zero-order valence-electron chi connectivity index (χ0n) is 11.2. The van der Waals surface area contributed by atoms with E-state index < -0.39 is 0 Å². The summed E-state index contributed by atoms with van der Waals surface area (Å²) < 4.78 is 0. The van der Waals surface area contributed by atoms with Gasteiger partial charge in [-0.2, -0.15) is 0 Å². The third kappa shape index (κ3) is 11.2. The standard InChI is InChI=1S/C13H28ClN.BrH/c1-4-5-6-7-8-10-13(15(2)3)11-9-12-14;/h13H,4-12H2,1-3H3;1H. The number of unbranched alkanes of at least 4 members (excludes halogenated alkanes) is 4. The number of hydrogen-bond acceptors (Lipinski definition) is 1. The normalized spacial score (nSPS) is 12.6. The molecule has 0 amide bonds. The van der Waals surface area contributed by atoms with E-state index in [0.29, 0.717) is 0 Å². The highest BCUT2D eigenvalue weighted by molar-refractivity contribution is 8.93. The maximum Gasteiger partial charge on any atom is 0.0224 e. The SMILES string of the molecule is Br.CCCCCCCC(CCCCl)N(C)C. The molecule has 0 aromatic heterocycles. The molecule has 0 heterocycles. The van der Waals surface area contributed by atoms with Gasteiger partial charge in [0, 0.05) is 11.9 Å². The van der Waals surface area contributed by atoms with Gasteiger partial charge in [0.15, 0.2) is 0 Å². The summed E-state index contributed by atoms with van der Waals surface area (Å²) >= 11 is 5.73. The van der Waals surface area contributed by atoms with Crippen LogP contribution in [-0.2, 0) is 0 Å². The first-order valence-electron chi connectivity index (χ1n) is 6.44. The number of nitrogens with zero attached hydrogens (tertiary/aromatic N) is 1. The van der Waals surface area contributed by atoms with Gasteiger partial charge >= 0.3 is 0 Å². The Kier molecular flexibility index (Phi) is 16.4. The topological polar surface area (TPSA) is 3.24 Å². The van der Waals surface area contributed by atoms with Gasteiger partial charge in [-0.05, 0) is 33.4 Å². The Bertz CT molecular complexity index is 131. The summed E-state index contributed by atoms with van der Waals surface area (Å²) in [5.41, 5.74) is 0. The molecule has 1 unspecified atom stereocenters. The van der Waals surface area contributed by atoms with Crippen LogP contribution in [-0.4, -0.2) is 30.9 Å². The molecule has 0 aliphatic rings. The van der Waals surface area contributed by atoms with Gasteiger partial charge < -0.3 is 4.90 Å². The molecule has 1 atom stereocenters. The molecule has 0 rings (SSSR count). The van der Waals surface area contributed by atoms with Crippen LogP contribution in [0, 0.1) is 0 Å². The molecule has 1 nitrogen and oxygen atoms in total. The fourth-order valence-corrected chi connectivity index (χ4v) is 2.11. The average molecular weight is 315 g/mol. The first-order chi connectivity index (χ1) is 7.22. The molecule has 0 aromatic carbocycles. The first-order valence-corrected chi connectivity index (χ1v) is 6.98. The van der Waals surface area contributed by atoms with E-state index in [2.05, 4.69) is 25.9 Å². The fraction of sp³-hybridized carbons (Fsp3) is 1.00. The summed E-state index contributed by atoms with van der Waals surface area (Å²) in [5.74, 6) is 0.806. The molecule has 0 radical (unpaired) electrons. The van der Waals surface area contributed by atoms with E-state index in [1.165, 1.54) is 44.9 Å². The van der Waals surface area contributed by atoms with Crippen molar-refractivity contribution in [3.63, 3.8) is 0 Å². The van der Waals surface area contributed by atoms with Gasteiger partial charge in [0.25, 0.3) is 0 Å². The van der Waals surface area contributed by atoms with Gasteiger partial charge in [0.1, 0.15) is 0 Å². The molecule has 0 aliphatic heterocycles. The molecule has 0 fully saturated rings. The zero-order chi connectivity index (χ0) is 11.5. The van der Waals surface area contributed by atoms with Crippen LogP contribution in [0.5, 0.6) is 0 Å². The van der Waals surface area contributed by atoms with E-state index in [0.717, 1.165) is 18.3 Å². The summed E-state index contributed by atoms with van der Waals surface area (Å²) in [6, 6.07) is 0.741. The maximum absolute atomic E-state index is 5.73. The lowest BCUT2D eigenvalue weighted by molar-refractivity contribution is 0.256. The molecule has 0 spiro atoms. The van der Waals surface area contributed by atoms with Crippen LogP contribution in [0.15, 0.2) is 0 Å². The number of hydrogen-bond donors (Lipinski definition) is 0. The lowest BCUT2D eigenvalue weighted by Crippen LogP contribution is -2.27. The Balaban J connectivity index is 0. The van der Waals surface area contributed by atoms with Crippen molar-refractivity contribution in [1.82, 2.24) is 4.90 Å². The van der Waals surface area contributed by atoms with E-state index in [1.807, 2.05) is 0 Å². The molecule has 0 saturated carbocycles.